The molecule has 0 unspecified atom stereocenters. The predicted molar refractivity (Wildman–Crippen MR) is 68.9 cm³/mol. The maximum atomic E-state index is 5.72. The molecule has 2 heteroatoms. The molecule has 0 aliphatic carbocycles. The van der Waals surface area contributed by atoms with Gasteiger partial charge in [-0.2, -0.15) is 0 Å². The Hall–Kier alpha value is -1.28. The molecule has 0 heterocycles. The molecule has 2 N–H and O–H groups in total. The van der Waals surface area contributed by atoms with Crippen molar-refractivity contribution in [3.63, 3.8) is 0 Å². The van der Waals surface area contributed by atoms with E-state index in [1.54, 1.807) is 0 Å². The van der Waals surface area contributed by atoms with Gasteiger partial charge in [-0.25, -0.2) is 0 Å². The Bertz CT molecular complexity index is 365. The summed E-state index contributed by atoms with van der Waals surface area (Å²) in [5.41, 5.74) is 9.31. The Morgan fingerprint density at radius 1 is 1.38 bits per heavy atom. The van der Waals surface area contributed by atoms with Crippen LogP contribution in [0.25, 0.3) is 0 Å². The average Bonchev–Trinajstić information content (AvgIpc) is 2.21. The van der Waals surface area contributed by atoms with Crippen molar-refractivity contribution in [1.29, 1.82) is 0 Å². The summed E-state index contributed by atoms with van der Waals surface area (Å²) < 4.78 is 5.72. The zero-order chi connectivity index (χ0) is 12.0. The number of aryl methyl sites for hydroxylation is 1. The number of hydrogen-bond acceptors (Lipinski definition) is 2. The molecule has 88 valence electrons. The van der Waals surface area contributed by atoms with E-state index in [4.69, 9.17) is 10.5 Å². The molecule has 1 aromatic carbocycles. The summed E-state index contributed by atoms with van der Waals surface area (Å²) in [5, 5.41) is 0. The predicted octanol–water partition coefficient (Wildman–Crippen LogP) is 2.84. The molecule has 0 atom stereocenters. The van der Waals surface area contributed by atoms with E-state index in [2.05, 4.69) is 39.0 Å². The molecule has 0 aliphatic heterocycles. The normalized spacial score (nSPS) is 10.0. The van der Waals surface area contributed by atoms with Gasteiger partial charge in [0.25, 0.3) is 0 Å². The smallest absolute Gasteiger partial charge is 0.123 e. The van der Waals surface area contributed by atoms with Crippen LogP contribution >= 0.6 is 0 Å². The maximum absolute atomic E-state index is 5.72. The Labute approximate surface area is 98.1 Å². The van der Waals surface area contributed by atoms with Gasteiger partial charge in [0.15, 0.2) is 0 Å². The van der Waals surface area contributed by atoms with E-state index < -0.39 is 0 Å². The SMILES string of the molecule is CC(C)=CCOc1ccc(C)cc1CCN. The van der Waals surface area contributed by atoms with Crippen molar-refractivity contribution in [1.82, 2.24) is 0 Å². The van der Waals surface area contributed by atoms with E-state index in [-0.39, 0.29) is 0 Å². The van der Waals surface area contributed by atoms with Crippen molar-refractivity contribution in [2.24, 2.45) is 5.73 Å². The number of benzene rings is 1. The minimum atomic E-state index is 0.628. The minimum absolute atomic E-state index is 0.628. The highest BCUT2D eigenvalue weighted by Gasteiger charge is 2.02. The zero-order valence-electron chi connectivity index (χ0n) is 10.4. The van der Waals surface area contributed by atoms with Gasteiger partial charge < -0.3 is 10.5 Å². The molecular weight excluding hydrogens is 198 g/mol. The van der Waals surface area contributed by atoms with Crippen molar-refractivity contribution in [3.8, 4) is 5.75 Å². The van der Waals surface area contributed by atoms with E-state index in [0.29, 0.717) is 13.2 Å². The molecule has 0 bridgehead atoms. The maximum Gasteiger partial charge on any atom is 0.123 e. The van der Waals surface area contributed by atoms with Crippen LogP contribution in [-0.2, 0) is 6.42 Å². The molecule has 1 rings (SSSR count). The summed E-state index contributed by atoms with van der Waals surface area (Å²) in [6, 6.07) is 6.24. The molecular formula is C14H21NO. The van der Waals surface area contributed by atoms with Crippen molar-refractivity contribution in [3.05, 3.63) is 41.0 Å². The second-order valence-corrected chi connectivity index (χ2v) is 4.24. The van der Waals surface area contributed by atoms with Crippen molar-refractivity contribution in [2.45, 2.75) is 27.2 Å². The third kappa shape index (κ3) is 4.07. The van der Waals surface area contributed by atoms with Gasteiger partial charge in [-0.3, -0.25) is 0 Å². The molecule has 0 fully saturated rings. The second-order valence-electron chi connectivity index (χ2n) is 4.24. The Morgan fingerprint density at radius 2 is 2.12 bits per heavy atom. The van der Waals surface area contributed by atoms with Gasteiger partial charge in [-0.05, 0) is 51.4 Å². The molecule has 1 aromatic rings. The molecule has 0 spiro atoms. The number of nitrogens with two attached hydrogens (primary N) is 1. The van der Waals surface area contributed by atoms with Crippen LogP contribution < -0.4 is 10.5 Å². The number of rotatable bonds is 5. The molecule has 0 aromatic heterocycles. The first-order valence-electron chi connectivity index (χ1n) is 5.69. The van der Waals surface area contributed by atoms with Gasteiger partial charge in [0.1, 0.15) is 12.4 Å². The molecule has 16 heavy (non-hydrogen) atoms. The number of allylic oxidation sites excluding steroid dienone is 1. The van der Waals surface area contributed by atoms with Crippen LogP contribution in [-0.4, -0.2) is 13.2 Å². The fourth-order valence-electron chi connectivity index (χ4n) is 1.50. The molecule has 0 aliphatic rings. The fourth-order valence-corrected chi connectivity index (χ4v) is 1.50. The number of hydrogen-bond donors (Lipinski definition) is 1. The summed E-state index contributed by atoms with van der Waals surface area (Å²) in [5.74, 6) is 0.952. The van der Waals surface area contributed by atoms with Gasteiger partial charge >= 0.3 is 0 Å². The lowest BCUT2D eigenvalue weighted by molar-refractivity contribution is 0.358. The lowest BCUT2D eigenvalue weighted by Crippen LogP contribution is -2.06. The topological polar surface area (TPSA) is 35.2 Å². The van der Waals surface area contributed by atoms with Crippen molar-refractivity contribution >= 4 is 0 Å². The van der Waals surface area contributed by atoms with Gasteiger partial charge in [0, 0.05) is 0 Å². The highest BCUT2D eigenvalue weighted by molar-refractivity contribution is 5.37. The van der Waals surface area contributed by atoms with Crippen LogP contribution in [0.3, 0.4) is 0 Å². The highest BCUT2D eigenvalue weighted by atomic mass is 16.5. The van der Waals surface area contributed by atoms with Crippen molar-refractivity contribution < 1.29 is 4.74 Å². The third-order valence-corrected chi connectivity index (χ3v) is 2.36. The summed E-state index contributed by atoms with van der Waals surface area (Å²) in [7, 11) is 0. The van der Waals surface area contributed by atoms with Crippen molar-refractivity contribution in [2.75, 3.05) is 13.2 Å². The van der Waals surface area contributed by atoms with E-state index in [0.717, 1.165) is 12.2 Å². The van der Waals surface area contributed by atoms with E-state index in [9.17, 15) is 0 Å². The van der Waals surface area contributed by atoms with Crippen LogP contribution in [0.2, 0.25) is 0 Å². The molecule has 0 saturated heterocycles. The lowest BCUT2D eigenvalue weighted by atomic mass is 10.1. The molecule has 0 saturated carbocycles. The van der Waals surface area contributed by atoms with Crippen LogP contribution in [0.5, 0.6) is 5.75 Å². The molecule has 0 radical (unpaired) electrons. The second kappa shape index (κ2) is 6.33. The summed E-state index contributed by atoms with van der Waals surface area (Å²) >= 11 is 0. The zero-order valence-corrected chi connectivity index (χ0v) is 10.4. The van der Waals surface area contributed by atoms with Crippen LogP contribution in [0.1, 0.15) is 25.0 Å². The van der Waals surface area contributed by atoms with Gasteiger partial charge in [0.2, 0.25) is 0 Å². The first-order valence-corrected chi connectivity index (χ1v) is 5.69. The molecule has 2 nitrogen and oxygen atoms in total. The van der Waals surface area contributed by atoms with E-state index in [1.165, 1.54) is 16.7 Å². The molecule has 0 amide bonds. The van der Waals surface area contributed by atoms with E-state index >= 15 is 0 Å². The average molecular weight is 219 g/mol. The van der Waals surface area contributed by atoms with Gasteiger partial charge in [-0.1, -0.05) is 23.3 Å². The largest absolute Gasteiger partial charge is 0.489 e. The summed E-state index contributed by atoms with van der Waals surface area (Å²) in [6.45, 7) is 7.50. The Morgan fingerprint density at radius 3 is 2.75 bits per heavy atom. The third-order valence-electron chi connectivity index (χ3n) is 2.36. The van der Waals surface area contributed by atoms with Gasteiger partial charge in [-0.15, -0.1) is 0 Å². The van der Waals surface area contributed by atoms with Crippen LogP contribution in [0.4, 0.5) is 0 Å². The highest BCUT2D eigenvalue weighted by Crippen LogP contribution is 2.20. The quantitative estimate of drug-likeness (QED) is 0.773. The fraction of sp³-hybridized carbons (Fsp3) is 0.429. The first kappa shape index (κ1) is 12.8. The minimum Gasteiger partial charge on any atom is -0.489 e. The Balaban J connectivity index is 2.74. The monoisotopic (exact) mass is 219 g/mol. The summed E-state index contributed by atoms with van der Waals surface area (Å²) in [6.07, 6.45) is 2.94. The summed E-state index contributed by atoms with van der Waals surface area (Å²) in [4.78, 5) is 0. The van der Waals surface area contributed by atoms with Crippen LogP contribution in [0.15, 0.2) is 29.8 Å². The van der Waals surface area contributed by atoms with Crippen LogP contribution in [0, 0.1) is 6.92 Å². The standard InChI is InChI=1S/C14H21NO/c1-11(2)7-9-16-14-5-4-12(3)10-13(14)6-8-15/h4-5,7,10H,6,8-9,15H2,1-3H3. The lowest BCUT2D eigenvalue weighted by Gasteiger charge is -2.10. The first-order chi connectivity index (χ1) is 7.63. The number of ether oxygens (including phenoxy) is 1. The van der Waals surface area contributed by atoms with Gasteiger partial charge in [0.05, 0.1) is 0 Å². The Kier molecular flexibility index (Phi) is 5.06. The van der Waals surface area contributed by atoms with E-state index in [1.807, 2.05) is 6.07 Å².